The van der Waals surface area contributed by atoms with Crippen molar-refractivity contribution in [1.82, 2.24) is 15.5 Å². The van der Waals surface area contributed by atoms with E-state index in [-0.39, 0.29) is 5.91 Å². The largest absolute Gasteiger partial charge is 0.493 e. The molecule has 2 bridgehead atoms. The molecular formula is C21H33N3O3. The van der Waals surface area contributed by atoms with Gasteiger partial charge in [-0.2, -0.15) is 0 Å². The lowest BCUT2D eigenvalue weighted by Gasteiger charge is -2.28. The van der Waals surface area contributed by atoms with Crippen molar-refractivity contribution in [2.24, 2.45) is 5.92 Å². The van der Waals surface area contributed by atoms with E-state index in [4.69, 9.17) is 9.47 Å². The Morgan fingerprint density at radius 2 is 1.96 bits per heavy atom. The Hall–Kier alpha value is -1.79. The van der Waals surface area contributed by atoms with Crippen molar-refractivity contribution in [3.05, 3.63) is 23.8 Å². The second-order valence-electron chi connectivity index (χ2n) is 8.09. The quantitative estimate of drug-likeness (QED) is 0.693. The average Bonchev–Trinajstić information content (AvgIpc) is 2.98. The first kappa shape index (κ1) is 20.0. The van der Waals surface area contributed by atoms with E-state index in [0.717, 1.165) is 30.7 Å². The van der Waals surface area contributed by atoms with E-state index in [2.05, 4.69) is 15.5 Å². The van der Waals surface area contributed by atoms with Crippen LogP contribution >= 0.6 is 0 Å². The van der Waals surface area contributed by atoms with Crippen LogP contribution in [0.15, 0.2) is 18.2 Å². The number of carbonyl (C=O) groups excluding carboxylic acids is 1. The number of amides is 1. The Kier molecular flexibility index (Phi) is 6.96. The standard InChI is InChI=1S/C21H33N3O3/c1-24(2)8-9-27-19-7-4-15(12-20(19)26-3)14-22-21(25)13-16-10-17-5-6-18(11-16)23-17/h4,7,12,16-18,23H,5-6,8-11,13-14H2,1-3H3,(H,22,25). The van der Waals surface area contributed by atoms with Gasteiger partial charge in [0.2, 0.25) is 5.91 Å². The van der Waals surface area contributed by atoms with Crippen LogP contribution in [0.2, 0.25) is 0 Å². The molecule has 0 aromatic heterocycles. The highest BCUT2D eigenvalue weighted by Gasteiger charge is 2.34. The predicted molar refractivity (Wildman–Crippen MR) is 106 cm³/mol. The van der Waals surface area contributed by atoms with Gasteiger partial charge in [-0.3, -0.25) is 4.79 Å². The smallest absolute Gasteiger partial charge is 0.220 e. The number of methoxy groups -OCH3 is 1. The highest BCUT2D eigenvalue weighted by atomic mass is 16.5. The predicted octanol–water partition coefficient (Wildman–Crippen LogP) is 2.17. The molecule has 2 unspecified atom stereocenters. The van der Waals surface area contributed by atoms with Crippen LogP contribution in [0.5, 0.6) is 11.5 Å². The molecule has 2 N–H and O–H groups in total. The van der Waals surface area contributed by atoms with E-state index in [9.17, 15) is 4.79 Å². The summed E-state index contributed by atoms with van der Waals surface area (Å²) in [6.45, 7) is 1.97. The zero-order valence-electron chi connectivity index (χ0n) is 16.8. The third-order valence-corrected chi connectivity index (χ3v) is 5.56. The zero-order chi connectivity index (χ0) is 19.2. The van der Waals surface area contributed by atoms with E-state index in [1.54, 1.807) is 7.11 Å². The first-order valence-electron chi connectivity index (χ1n) is 10.0. The van der Waals surface area contributed by atoms with Crippen LogP contribution in [-0.2, 0) is 11.3 Å². The number of hydrogen-bond acceptors (Lipinski definition) is 5. The summed E-state index contributed by atoms with van der Waals surface area (Å²) in [6, 6.07) is 7.10. The molecular weight excluding hydrogens is 342 g/mol. The lowest BCUT2D eigenvalue weighted by molar-refractivity contribution is -0.122. The highest BCUT2D eigenvalue weighted by molar-refractivity contribution is 5.76. The molecule has 1 amide bonds. The molecule has 1 aromatic carbocycles. The third-order valence-electron chi connectivity index (χ3n) is 5.56. The van der Waals surface area contributed by atoms with Crippen LogP contribution in [0, 0.1) is 5.92 Å². The summed E-state index contributed by atoms with van der Waals surface area (Å²) in [7, 11) is 5.67. The Balaban J connectivity index is 1.46. The van der Waals surface area contributed by atoms with Crippen LogP contribution in [0.3, 0.4) is 0 Å². The summed E-state index contributed by atoms with van der Waals surface area (Å²) in [5, 5.41) is 6.69. The van der Waals surface area contributed by atoms with Crippen LogP contribution in [0.1, 0.15) is 37.7 Å². The molecule has 0 radical (unpaired) electrons. The maximum Gasteiger partial charge on any atom is 0.220 e. The van der Waals surface area contributed by atoms with Crippen molar-refractivity contribution in [3.8, 4) is 11.5 Å². The molecule has 0 saturated carbocycles. The van der Waals surface area contributed by atoms with Gasteiger partial charge in [0, 0.05) is 31.6 Å². The Morgan fingerprint density at radius 3 is 2.63 bits per heavy atom. The lowest BCUT2D eigenvalue weighted by Crippen LogP contribution is -2.39. The summed E-state index contributed by atoms with van der Waals surface area (Å²) >= 11 is 0. The van der Waals surface area contributed by atoms with E-state index < -0.39 is 0 Å². The van der Waals surface area contributed by atoms with Gasteiger partial charge < -0.3 is 25.0 Å². The fraction of sp³-hybridized carbons (Fsp3) is 0.667. The molecule has 2 atom stereocenters. The number of hydrogen-bond donors (Lipinski definition) is 2. The summed E-state index contributed by atoms with van der Waals surface area (Å²) < 4.78 is 11.2. The zero-order valence-corrected chi connectivity index (χ0v) is 16.8. The number of fused-ring (bicyclic) bond motifs is 2. The van der Waals surface area contributed by atoms with E-state index in [1.807, 2.05) is 32.3 Å². The van der Waals surface area contributed by atoms with Crippen molar-refractivity contribution < 1.29 is 14.3 Å². The molecule has 1 aromatic rings. The molecule has 6 heteroatoms. The van der Waals surface area contributed by atoms with Gasteiger partial charge in [-0.05, 0) is 63.4 Å². The molecule has 2 aliphatic rings. The van der Waals surface area contributed by atoms with Crippen molar-refractivity contribution >= 4 is 5.91 Å². The first-order valence-corrected chi connectivity index (χ1v) is 10.0. The van der Waals surface area contributed by atoms with E-state index in [1.165, 1.54) is 12.8 Å². The van der Waals surface area contributed by atoms with Gasteiger partial charge >= 0.3 is 0 Å². The van der Waals surface area contributed by atoms with E-state index in [0.29, 0.717) is 43.3 Å². The Bertz CT molecular complexity index is 623. The lowest BCUT2D eigenvalue weighted by atomic mass is 9.89. The number of nitrogens with one attached hydrogen (secondary N) is 2. The van der Waals surface area contributed by atoms with Gasteiger partial charge in [0.15, 0.2) is 11.5 Å². The van der Waals surface area contributed by atoms with Gasteiger partial charge in [0.25, 0.3) is 0 Å². The van der Waals surface area contributed by atoms with Crippen molar-refractivity contribution in [2.45, 2.75) is 50.7 Å². The maximum atomic E-state index is 12.4. The Morgan fingerprint density at radius 1 is 1.22 bits per heavy atom. The summed E-state index contributed by atoms with van der Waals surface area (Å²) in [5.41, 5.74) is 1.02. The minimum atomic E-state index is 0.145. The minimum Gasteiger partial charge on any atom is -0.493 e. The molecule has 2 fully saturated rings. The topological polar surface area (TPSA) is 62.8 Å². The Labute approximate surface area is 162 Å². The minimum absolute atomic E-state index is 0.145. The third kappa shape index (κ3) is 5.84. The second kappa shape index (κ2) is 9.42. The van der Waals surface area contributed by atoms with Crippen LogP contribution in [0.4, 0.5) is 0 Å². The van der Waals surface area contributed by atoms with E-state index >= 15 is 0 Å². The first-order chi connectivity index (χ1) is 13.0. The fourth-order valence-corrected chi connectivity index (χ4v) is 4.16. The number of likely N-dealkylation sites (N-methyl/N-ethyl adjacent to an activating group) is 1. The van der Waals surface area contributed by atoms with Crippen molar-refractivity contribution in [2.75, 3.05) is 34.4 Å². The summed E-state index contributed by atoms with van der Waals surface area (Å²) in [6.07, 6.45) is 5.45. The molecule has 6 nitrogen and oxygen atoms in total. The molecule has 2 heterocycles. The van der Waals surface area contributed by atoms with Crippen LogP contribution in [-0.4, -0.2) is 57.2 Å². The number of piperidine rings is 1. The molecule has 2 saturated heterocycles. The normalized spacial score (nSPS) is 24.1. The highest BCUT2D eigenvalue weighted by Crippen LogP contribution is 2.32. The van der Waals surface area contributed by atoms with Crippen LogP contribution < -0.4 is 20.1 Å². The van der Waals surface area contributed by atoms with Crippen molar-refractivity contribution in [1.29, 1.82) is 0 Å². The van der Waals surface area contributed by atoms with Gasteiger partial charge in [-0.15, -0.1) is 0 Å². The number of nitrogens with zero attached hydrogens (tertiary/aromatic N) is 1. The SMILES string of the molecule is COc1cc(CNC(=O)CC2CC3CCC(C2)N3)ccc1OCCN(C)C. The van der Waals surface area contributed by atoms with Crippen molar-refractivity contribution in [3.63, 3.8) is 0 Å². The average molecular weight is 376 g/mol. The summed E-state index contributed by atoms with van der Waals surface area (Å²) in [4.78, 5) is 14.4. The number of carbonyl (C=O) groups is 1. The molecule has 150 valence electrons. The summed E-state index contributed by atoms with van der Waals surface area (Å²) in [5.74, 6) is 2.10. The van der Waals surface area contributed by atoms with Gasteiger partial charge in [-0.1, -0.05) is 6.07 Å². The molecule has 0 aliphatic carbocycles. The molecule has 2 aliphatic heterocycles. The molecule has 3 rings (SSSR count). The maximum absolute atomic E-state index is 12.4. The van der Waals surface area contributed by atoms with Gasteiger partial charge in [0.05, 0.1) is 7.11 Å². The monoisotopic (exact) mass is 375 g/mol. The van der Waals surface area contributed by atoms with Crippen LogP contribution in [0.25, 0.3) is 0 Å². The molecule has 0 spiro atoms. The fourth-order valence-electron chi connectivity index (χ4n) is 4.16. The number of benzene rings is 1. The number of rotatable bonds is 9. The van der Waals surface area contributed by atoms with Gasteiger partial charge in [0.1, 0.15) is 6.61 Å². The molecule has 27 heavy (non-hydrogen) atoms. The number of ether oxygens (including phenoxy) is 2. The second-order valence-corrected chi connectivity index (χ2v) is 8.09. The van der Waals surface area contributed by atoms with Gasteiger partial charge in [-0.25, -0.2) is 0 Å².